The largest absolute Gasteiger partial charge is 0.389 e. The third-order valence-electron chi connectivity index (χ3n) is 11.7. The van der Waals surface area contributed by atoms with Gasteiger partial charge in [-0.2, -0.15) is 0 Å². The molecular formula is C42H76N4O16. The zero-order valence-electron chi connectivity index (χ0n) is 37.3. The lowest BCUT2D eigenvalue weighted by Crippen LogP contribution is -2.66. The van der Waals surface area contributed by atoms with Gasteiger partial charge in [0.2, 0.25) is 0 Å². The van der Waals surface area contributed by atoms with Crippen LogP contribution in [-0.2, 0) is 49.2 Å². The SMILES string of the molecule is C=CCOCC1OC(C)(C)C(N)C(O)C1O.CC1(C)OC(COCc2ccccc2)C(O)C(O)C1N.COCC1OC(C)(C)C(N)C(OC)C1O.NC1C2OCC(O2)C(O)C1O. The van der Waals surface area contributed by atoms with Crippen molar-refractivity contribution < 1.29 is 78.4 Å². The summed E-state index contributed by atoms with van der Waals surface area (Å²) in [4.78, 5) is 0. The molecule has 5 fully saturated rings. The van der Waals surface area contributed by atoms with Crippen molar-refractivity contribution in [3.05, 3.63) is 48.6 Å². The Morgan fingerprint density at radius 2 is 1.13 bits per heavy atom. The van der Waals surface area contributed by atoms with E-state index in [0.717, 1.165) is 5.56 Å². The lowest BCUT2D eigenvalue weighted by Gasteiger charge is -2.47. The summed E-state index contributed by atoms with van der Waals surface area (Å²) in [6.45, 7) is 16.4. The maximum absolute atomic E-state index is 10.0. The molecule has 17 unspecified atom stereocenters. The Morgan fingerprint density at radius 1 is 0.645 bits per heavy atom. The summed E-state index contributed by atoms with van der Waals surface area (Å²) in [5.41, 5.74) is 22.2. The van der Waals surface area contributed by atoms with Gasteiger partial charge in [0.05, 0.1) is 80.6 Å². The molecule has 0 aromatic heterocycles. The van der Waals surface area contributed by atoms with Crippen LogP contribution in [0.2, 0.25) is 0 Å². The highest BCUT2D eigenvalue weighted by Crippen LogP contribution is 2.31. The maximum atomic E-state index is 10.0. The summed E-state index contributed by atoms with van der Waals surface area (Å²) in [5.74, 6) is 0. The number of hydrogen-bond acceptors (Lipinski definition) is 20. The molecule has 0 aliphatic carbocycles. The van der Waals surface area contributed by atoms with Crippen LogP contribution in [0.3, 0.4) is 0 Å². The minimum Gasteiger partial charge on any atom is -0.389 e. The second-order valence-electron chi connectivity index (χ2n) is 17.7. The Kier molecular flexibility index (Phi) is 21.2. The highest BCUT2D eigenvalue weighted by molar-refractivity contribution is 5.13. The molecule has 5 aliphatic heterocycles. The van der Waals surface area contributed by atoms with E-state index < -0.39 is 114 Å². The molecule has 20 nitrogen and oxygen atoms in total. The minimum atomic E-state index is -1.03. The average molecular weight is 893 g/mol. The van der Waals surface area contributed by atoms with Crippen LogP contribution in [0.25, 0.3) is 0 Å². The molecule has 17 atom stereocenters. The number of nitrogens with two attached hydrogens (primary N) is 4. The summed E-state index contributed by atoms with van der Waals surface area (Å²) in [6, 6.07) is 7.53. The molecule has 62 heavy (non-hydrogen) atoms. The van der Waals surface area contributed by atoms with Gasteiger partial charge in [-0.1, -0.05) is 36.4 Å². The van der Waals surface area contributed by atoms with Crippen LogP contribution in [0.1, 0.15) is 47.1 Å². The molecule has 360 valence electrons. The highest BCUT2D eigenvalue weighted by atomic mass is 16.7. The predicted octanol–water partition coefficient (Wildman–Crippen LogP) is -2.85. The van der Waals surface area contributed by atoms with Gasteiger partial charge >= 0.3 is 0 Å². The maximum Gasteiger partial charge on any atom is 0.175 e. The quantitative estimate of drug-likeness (QED) is 0.0787. The molecule has 0 amide bonds. The van der Waals surface area contributed by atoms with Gasteiger partial charge in [-0.25, -0.2) is 0 Å². The first kappa shape index (κ1) is 54.5. The van der Waals surface area contributed by atoms with E-state index in [2.05, 4.69) is 6.58 Å². The topological polar surface area (TPSA) is 329 Å². The summed E-state index contributed by atoms with van der Waals surface area (Å²) in [7, 11) is 3.11. The average Bonchev–Trinajstić information content (AvgIpc) is 3.70. The van der Waals surface area contributed by atoms with Gasteiger partial charge in [-0.15, -0.1) is 6.58 Å². The second kappa shape index (κ2) is 24.1. The van der Waals surface area contributed by atoms with Crippen molar-refractivity contribution in [3.63, 3.8) is 0 Å². The highest BCUT2D eigenvalue weighted by Gasteiger charge is 2.50. The van der Waals surface area contributed by atoms with Crippen molar-refractivity contribution in [1.29, 1.82) is 0 Å². The molecule has 5 saturated heterocycles. The van der Waals surface area contributed by atoms with E-state index in [9.17, 15) is 35.7 Å². The van der Waals surface area contributed by atoms with Crippen LogP contribution in [0.15, 0.2) is 43.0 Å². The molecular weight excluding hydrogens is 816 g/mol. The molecule has 1 aromatic carbocycles. The molecule has 0 radical (unpaired) electrons. The summed E-state index contributed by atoms with van der Waals surface area (Å²) < 4.78 is 48.2. The van der Waals surface area contributed by atoms with Gasteiger partial charge in [-0.05, 0) is 47.1 Å². The Labute approximate surface area is 365 Å². The molecule has 15 N–H and O–H groups in total. The van der Waals surface area contributed by atoms with Crippen LogP contribution in [0, 0.1) is 0 Å². The number of aliphatic hydroxyl groups is 7. The van der Waals surface area contributed by atoms with E-state index in [1.165, 1.54) is 0 Å². The lowest BCUT2D eigenvalue weighted by molar-refractivity contribution is -0.229. The van der Waals surface area contributed by atoms with Gasteiger partial charge < -0.3 is 101 Å². The zero-order chi connectivity index (χ0) is 46.7. The molecule has 0 spiro atoms. The Hall–Kier alpha value is -1.84. The van der Waals surface area contributed by atoms with Crippen molar-refractivity contribution in [2.75, 3.05) is 47.3 Å². The van der Waals surface area contributed by atoms with E-state index in [1.807, 2.05) is 44.2 Å². The van der Waals surface area contributed by atoms with Gasteiger partial charge in [0.1, 0.15) is 73.2 Å². The predicted molar refractivity (Wildman–Crippen MR) is 225 cm³/mol. The third-order valence-corrected chi connectivity index (χ3v) is 11.7. The molecule has 6 rings (SSSR count). The number of aliphatic hydroxyl groups excluding tert-OH is 7. The van der Waals surface area contributed by atoms with E-state index in [1.54, 1.807) is 48.0 Å². The lowest BCUT2D eigenvalue weighted by atomic mass is 9.86. The van der Waals surface area contributed by atoms with Gasteiger partial charge in [0.15, 0.2) is 6.29 Å². The number of benzene rings is 1. The number of fused-ring (bicyclic) bond motifs is 2. The Balaban J connectivity index is 0.000000224. The Bertz CT molecular complexity index is 1430. The van der Waals surface area contributed by atoms with Crippen molar-refractivity contribution in [3.8, 4) is 0 Å². The zero-order valence-corrected chi connectivity index (χ0v) is 37.3. The first-order valence-electron chi connectivity index (χ1n) is 20.9. The van der Waals surface area contributed by atoms with Crippen molar-refractivity contribution >= 4 is 0 Å². The monoisotopic (exact) mass is 893 g/mol. The number of rotatable bonds is 11. The fraction of sp³-hybridized carbons (Fsp3) is 0.810. The minimum absolute atomic E-state index is 0.209. The van der Waals surface area contributed by atoms with Crippen LogP contribution in [-0.4, -0.2) is 204 Å². The van der Waals surface area contributed by atoms with Crippen molar-refractivity contribution in [2.45, 2.75) is 169 Å². The smallest absolute Gasteiger partial charge is 0.175 e. The molecule has 2 bridgehead atoms. The van der Waals surface area contributed by atoms with E-state index >= 15 is 0 Å². The fourth-order valence-electron chi connectivity index (χ4n) is 7.53. The van der Waals surface area contributed by atoms with E-state index in [4.69, 9.17) is 65.6 Å². The van der Waals surface area contributed by atoms with Crippen molar-refractivity contribution in [1.82, 2.24) is 0 Å². The molecule has 5 aliphatic rings. The number of hydrogen-bond donors (Lipinski definition) is 11. The van der Waals surface area contributed by atoms with Crippen LogP contribution in [0.5, 0.6) is 0 Å². The molecule has 0 saturated carbocycles. The van der Waals surface area contributed by atoms with Crippen LogP contribution in [0.4, 0.5) is 0 Å². The molecule has 20 heteroatoms. The molecule has 5 heterocycles. The fourth-order valence-corrected chi connectivity index (χ4v) is 7.53. The Morgan fingerprint density at radius 3 is 1.61 bits per heavy atom. The van der Waals surface area contributed by atoms with Crippen LogP contribution < -0.4 is 22.9 Å². The number of methoxy groups -OCH3 is 2. The first-order chi connectivity index (χ1) is 28.9. The van der Waals surface area contributed by atoms with E-state index in [-0.39, 0.29) is 19.3 Å². The number of ether oxygens (including phenoxy) is 9. The van der Waals surface area contributed by atoms with Gasteiger partial charge in [0, 0.05) is 14.2 Å². The normalized spacial score (nSPS) is 40.3. The standard InChI is InChI=1S/C15H23NO4.C11H21NO4.C10H21NO4.C6H11NO4/c1-15(2)14(16)13(18)12(17)11(20-15)9-19-8-10-6-4-3-5-7-10;1-4-5-15-6-7-8(13)9(14)10(12)11(2,3)16-7;1-10(2)9(11)8(14-4)7(12)6(15-10)5-13-3;7-3-5(9)4(8)2-1-10-6(3)11-2/h3-7,11-14,17-18H,8-9,16H2,1-2H3;4,7-10,13-14H,1,5-6,12H2,2-3H3;6-9,12H,5,11H2,1-4H3;2-6,8-9H,1,7H2. The van der Waals surface area contributed by atoms with Crippen LogP contribution >= 0.6 is 0 Å². The van der Waals surface area contributed by atoms with E-state index in [0.29, 0.717) is 26.4 Å². The van der Waals surface area contributed by atoms with Crippen molar-refractivity contribution in [2.24, 2.45) is 22.9 Å². The van der Waals surface area contributed by atoms with Gasteiger partial charge in [-0.3, -0.25) is 0 Å². The summed E-state index contributed by atoms with van der Waals surface area (Å²) in [6.07, 6.45) is -7.96. The first-order valence-corrected chi connectivity index (χ1v) is 20.9. The summed E-state index contributed by atoms with van der Waals surface area (Å²) >= 11 is 0. The third kappa shape index (κ3) is 14.1. The molecule has 1 aromatic rings. The second-order valence-corrected chi connectivity index (χ2v) is 17.7. The summed E-state index contributed by atoms with van der Waals surface area (Å²) in [5, 5.41) is 68.1. The van der Waals surface area contributed by atoms with Gasteiger partial charge in [0.25, 0.3) is 0 Å².